The second-order valence-corrected chi connectivity index (χ2v) is 6.17. The van der Waals surface area contributed by atoms with Crippen molar-refractivity contribution in [2.75, 3.05) is 18.9 Å². The topological polar surface area (TPSA) is 63.1 Å². The Hall–Kier alpha value is -3.13. The van der Waals surface area contributed by atoms with Crippen LogP contribution in [0.15, 0.2) is 55.1 Å². The van der Waals surface area contributed by atoms with E-state index in [0.717, 1.165) is 23.4 Å². The molecule has 0 aliphatic heterocycles. The van der Waals surface area contributed by atoms with Crippen LogP contribution in [0.25, 0.3) is 5.69 Å². The van der Waals surface area contributed by atoms with Crippen LogP contribution in [0.1, 0.15) is 18.5 Å². The van der Waals surface area contributed by atoms with E-state index in [-0.39, 0.29) is 12.6 Å². The van der Waals surface area contributed by atoms with Gasteiger partial charge in [0.2, 0.25) is 5.91 Å². The number of carbonyl (C=O) groups excluding carboxylic acids is 1. The molecule has 1 heterocycles. The predicted molar refractivity (Wildman–Crippen MR) is 97.4 cm³/mol. The Kier molecular flexibility index (Phi) is 5.56. The number of aromatic nitrogens is 3. The zero-order valence-electron chi connectivity index (χ0n) is 14.9. The molecule has 8 heteroatoms. The fourth-order valence-corrected chi connectivity index (χ4v) is 2.66. The smallest absolute Gasteiger partial charge is 0.238 e. The normalized spacial score (nSPS) is 12.2. The number of halogens is 2. The maximum absolute atomic E-state index is 13.6. The first-order chi connectivity index (χ1) is 13.0. The average molecular weight is 371 g/mol. The third-order valence-corrected chi connectivity index (χ3v) is 4.34. The van der Waals surface area contributed by atoms with E-state index in [1.807, 2.05) is 31.2 Å². The molecule has 6 nitrogen and oxygen atoms in total. The maximum atomic E-state index is 13.6. The number of carbonyl (C=O) groups is 1. The van der Waals surface area contributed by atoms with Gasteiger partial charge in [0.15, 0.2) is 0 Å². The van der Waals surface area contributed by atoms with Crippen LogP contribution in [-0.4, -0.2) is 39.2 Å². The van der Waals surface area contributed by atoms with Crippen molar-refractivity contribution in [3.05, 3.63) is 72.3 Å². The molecule has 1 amide bonds. The Morgan fingerprint density at radius 2 is 1.85 bits per heavy atom. The van der Waals surface area contributed by atoms with Crippen molar-refractivity contribution in [1.82, 2.24) is 19.7 Å². The molecule has 0 bridgehead atoms. The van der Waals surface area contributed by atoms with Crippen LogP contribution in [0.3, 0.4) is 0 Å². The van der Waals surface area contributed by atoms with Crippen molar-refractivity contribution in [2.24, 2.45) is 0 Å². The van der Waals surface area contributed by atoms with Crippen LogP contribution in [0, 0.1) is 11.6 Å². The molecule has 27 heavy (non-hydrogen) atoms. The fourth-order valence-electron chi connectivity index (χ4n) is 2.66. The first-order valence-electron chi connectivity index (χ1n) is 8.35. The van der Waals surface area contributed by atoms with E-state index in [2.05, 4.69) is 15.4 Å². The molecular weight excluding hydrogens is 352 g/mol. The Morgan fingerprint density at radius 1 is 1.19 bits per heavy atom. The van der Waals surface area contributed by atoms with Gasteiger partial charge < -0.3 is 5.32 Å². The molecule has 1 aromatic heterocycles. The Labute approximate surface area is 155 Å². The molecule has 0 saturated heterocycles. The van der Waals surface area contributed by atoms with Crippen LogP contribution in [0.5, 0.6) is 0 Å². The summed E-state index contributed by atoms with van der Waals surface area (Å²) in [4.78, 5) is 17.9. The number of anilines is 1. The van der Waals surface area contributed by atoms with E-state index in [1.54, 1.807) is 23.0 Å². The second kappa shape index (κ2) is 8.05. The number of hydrogen-bond donors (Lipinski definition) is 1. The molecule has 0 radical (unpaired) electrons. The average Bonchev–Trinajstić information content (AvgIpc) is 3.19. The van der Waals surface area contributed by atoms with E-state index in [1.165, 1.54) is 12.4 Å². The minimum atomic E-state index is -0.803. The molecule has 0 saturated carbocycles. The van der Waals surface area contributed by atoms with Gasteiger partial charge in [0.05, 0.1) is 12.2 Å². The quantitative estimate of drug-likeness (QED) is 0.723. The summed E-state index contributed by atoms with van der Waals surface area (Å²) in [6, 6.07) is 11.1. The predicted octanol–water partition coefficient (Wildman–Crippen LogP) is 3.18. The number of nitrogens with one attached hydrogen (secondary N) is 1. The summed E-state index contributed by atoms with van der Waals surface area (Å²) in [6.07, 6.45) is 3.07. The molecule has 0 aliphatic rings. The van der Waals surface area contributed by atoms with Crippen molar-refractivity contribution in [3.8, 4) is 5.69 Å². The Bertz CT molecular complexity index is 892. The fraction of sp³-hybridized carbons (Fsp3) is 0.211. The number of nitrogens with zero attached hydrogens (tertiary/aromatic N) is 4. The summed E-state index contributed by atoms with van der Waals surface area (Å²) >= 11 is 0. The molecule has 0 fully saturated rings. The molecule has 3 aromatic rings. The number of para-hydroxylation sites is 1. The van der Waals surface area contributed by atoms with Crippen molar-refractivity contribution in [3.63, 3.8) is 0 Å². The standard InChI is InChI=1S/C19H19F2N5O/c1-13(14-6-8-15(9-7-14)26-12-22-11-23-26)25(2)10-18(27)24-19-16(20)4-3-5-17(19)21/h3-9,11-13H,10H2,1-2H3,(H,24,27)/t13-/m1/s1. The lowest BCUT2D eigenvalue weighted by Gasteiger charge is -2.24. The molecule has 2 aromatic carbocycles. The van der Waals surface area contributed by atoms with Gasteiger partial charge in [-0.3, -0.25) is 9.69 Å². The van der Waals surface area contributed by atoms with Crippen LogP contribution in [0.4, 0.5) is 14.5 Å². The lowest BCUT2D eigenvalue weighted by molar-refractivity contribution is -0.117. The number of amides is 1. The van der Waals surface area contributed by atoms with Crippen molar-refractivity contribution in [1.29, 1.82) is 0 Å². The lowest BCUT2D eigenvalue weighted by atomic mass is 10.1. The number of hydrogen-bond acceptors (Lipinski definition) is 4. The van der Waals surface area contributed by atoms with Crippen LogP contribution in [0.2, 0.25) is 0 Å². The van der Waals surface area contributed by atoms with Gasteiger partial charge in [-0.15, -0.1) is 0 Å². The highest BCUT2D eigenvalue weighted by Gasteiger charge is 2.17. The molecule has 1 N–H and O–H groups in total. The van der Waals surface area contributed by atoms with Crippen LogP contribution >= 0.6 is 0 Å². The number of likely N-dealkylation sites (N-methyl/N-ethyl adjacent to an activating group) is 1. The zero-order chi connectivity index (χ0) is 19.4. The van der Waals surface area contributed by atoms with Gasteiger partial charge in [0.25, 0.3) is 0 Å². The lowest BCUT2D eigenvalue weighted by Crippen LogP contribution is -2.32. The van der Waals surface area contributed by atoms with Gasteiger partial charge in [-0.2, -0.15) is 5.10 Å². The van der Waals surface area contributed by atoms with Crippen LogP contribution < -0.4 is 5.32 Å². The van der Waals surface area contributed by atoms with E-state index in [9.17, 15) is 13.6 Å². The van der Waals surface area contributed by atoms with E-state index < -0.39 is 23.2 Å². The first-order valence-corrected chi connectivity index (χ1v) is 8.35. The molecular formula is C19H19F2N5O. The third kappa shape index (κ3) is 4.35. The van der Waals surface area contributed by atoms with E-state index >= 15 is 0 Å². The SMILES string of the molecule is C[C@H](c1ccc(-n2cncn2)cc1)N(C)CC(=O)Nc1c(F)cccc1F. The zero-order valence-corrected chi connectivity index (χ0v) is 14.9. The van der Waals surface area contributed by atoms with Gasteiger partial charge in [-0.05, 0) is 43.8 Å². The molecule has 3 rings (SSSR count). The highest BCUT2D eigenvalue weighted by atomic mass is 19.1. The van der Waals surface area contributed by atoms with Gasteiger partial charge in [-0.1, -0.05) is 18.2 Å². The minimum absolute atomic E-state index is 0.0141. The monoisotopic (exact) mass is 371 g/mol. The van der Waals surface area contributed by atoms with Gasteiger partial charge >= 0.3 is 0 Å². The third-order valence-electron chi connectivity index (χ3n) is 4.34. The number of rotatable bonds is 6. The molecule has 1 atom stereocenters. The van der Waals surface area contributed by atoms with Crippen LogP contribution in [-0.2, 0) is 4.79 Å². The summed E-state index contributed by atoms with van der Waals surface area (Å²) in [5, 5.41) is 6.36. The molecule has 0 unspecified atom stereocenters. The van der Waals surface area contributed by atoms with Gasteiger partial charge in [0, 0.05) is 6.04 Å². The molecule has 0 spiro atoms. The largest absolute Gasteiger partial charge is 0.320 e. The van der Waals surface area contributed by atoms with Crippen molar-refractivity contribution in [2.45, 2.75) is 13.0 Å². The summed E-state index contributed by atoms with van der Waals surface area (Å²) < 4.78 is 28.9. The first kappa shape index (κ1) is 18.7. The summed E-state index contributed by atoms with van der Waals surface area (Å²) in [7, 11) is 1.77. The van der Waals surface area contributed by atoms with Gasteiger partial charge in [0.1, 0.15) is 30.0 Å². The highest BCUT2D eigenvalue weighted by Crippen LogP contribution is 2.21. The van der Waals surface area contributed by atoms with E-state index in [4.69, 9.17) is 0 Å². The highest BCUT2D eigenvalue weighted by molar-refractivity contribution is 5.92. The second-order valence-electron chi connectivity index (χ2n) is 6.17. The van der Waals surface area contributed by atoms with Gasteiger partial charge in [-0.25, -0.2) is 18.4 Å². The Morgan fingerprint density at radius 3 is 2.44 bits per heavy atom. The summed E-state index contributed by atoms with van der Waals surface area (Å²) in [5.41, 5.74) is 1.44. The van der Waals surface area contributed by atoms with E-state index in [0.29, 0.717) is 0 Å². The molecule has 0 aliphatic carbocycles. The molecule has 140 valence electrons. The van der Waals surface area contributed by atoms with Crippen molar-refractivity contribution < 1.29 is 13.6 Å². The number of benzene rings is 2. The summed E-state index contributed by atoms with van der Waals surface area (Å²) in [5.74, 6) is -2.10. The minimum Gasteiger partial charge on any atom is -0.320 e. The summed E-state index contributed by atoms with van der Waals surface area (Å²) in [6.45, 7) is 1.93. The Balaban J connectivity index is 1.63. The maximum Gasteiger partial charge on any atom is 0.238 e. The van der Waals surface area contributed by atoms with Crippen molar-refractivity contribution >= 4 is 11.6 Å².